The van der Waals surface area contributed by atoms with Gasteiger partial charge in [-0.1, -0.05) is 0 Å². The summed E-state index contributed by atoms with van der Waals surface area (Å²) in [5.41, 5.74) is 0.566. The fourth-order valence-electron chi connectivity index (χ4n) is 1.91. The van der Waals surface area contributed by atoms with Gasteiger partial charge in [-0.15, -0.1) is 0 Å². The standard InChI is InChI=1S/C13H15N5O/c19-13(17-9-11-14-4-5-15-11)10-2-3-12(16-8-10)18-6-1-7-18/h2-5,8H,1,6-7,9H2,(H,14,15)(H,17,19). The van der Waals surface area contributed by atoms with Crippen molar-refractivity contribution in [2.24, 2.45) is 0 Å². The maximum absolute atomic E-state index is 11.9. The maximum atomic E-state index is 11.9. The molecule has 3 rings (SSSR count). The zero-order valence-electron chi connectivity index (χ0n) is 10.5. The molecule has 1 aliphatic heterocycles. The molecule has 1 saturated heterocycles. The second kappa shape index (κ2) is 5.09. The van der Waals surface area contributed by atoms with Crippen LogP contribution in [-0.2, 0) is 6.54 Å². The molecule has 3 heterocycles. The first-order valence-corrected chi connectivity index (χ1v) is 6.30. The number of H-pyrrole nitrogens is 1. The molecule has 1 amide bonds. The van der Waals surface area contributed by atoms with Crippen molar-refractivity contribution in [1.82, 2.24) is 20.3 Å². The van der Waals surface area contributed by atoms with E-state index in [0.29, 0.717) is 12.1 Å². The topological polar surface area (TPSA) is 73.9 Å². The minimum atomic E-state index is -0.140. The lowest BCUT2D eigenvalue weighted by atomic mass is 10.2. The first kappa shape index (κ1) is 11.7. The van der Waals surface area contributed by atoms with Crippen molar-refractivity contribution < 1.29 is 4.79 Å². The lowest BCUT2D eigenvalue weighted by molar-refractivity contribution is 0.0949. The molecule has 1 fully saturated rings. The fraction of sp³-hybridized carbons (Fsp3) is 0.308. The third-order valence-electron chi connectivity index (χ3n) is 3.16. The van der Waals surface area contributed by atoms with Crippen LogP contribution in [0.2, 0.25) is 0 Å². The number of aromatic nitrogens is 3. The zero-order valence-corrected chi connectivity index (χ0v) is 10.5. The fourth-order valence-corrected chi connectivity index (χ4v) is 1.91. The summed E-state index contributed by atoms with van der Waals surface area (Å²) in [6.45, 7) is 2.49. The van der Waals surface area contributed by atoms with E-state index in [-0.39, 0.29) is 5.91 Å². The van der Waals surface area contributed by atoms with Crippen molar-refractivity contribution in [3.8, 4) is 0 Å². The molecule has 6 nitrogen and oxygen atoms in total. The summed E-state index contributed by atoms with van der Waals surface area (Å²) in [5, 5.41) is 2.79. The van der Waals surface area contributed by atoms with E-state index in [2.05, 4.69) is 25.2 Å². The minimum Gasteiger partial charge on any atom is -0.356 e. The number of aromatic amines is 1. The van der Waals surface area contributed by atoms with Crippen molar-refractivity contribution >= 4 is 11.7 Å². The van der Waals surface area contributed by atoms with Gasteiger partial charge in [0.1, 0.15) is 11.6 Å². The van der Waals surface area contributed by atoms with Crippen LogP contribution in [0.15, 0.2) is 30.7 Å². The molecule has 1 aliphatic rings. The average molecular weight is 257 g/mol. The third kappa shape index (κ3) is 2.57. The van der Waals surface area contributed by atoms with E-state index in [9.17, 15) is 4.79 Å². The van der Waals surface area contributed by atoms with Gasteiger partial charge in [-0.2, -0.15) is 0 Å². The zero-order chi connectivity index (χ0) is 13.1. The molecule has 2 aromatic rings. The Kier molecular flexibility index (Phi) is 3.14. The Balaban J connectivity index is 1.59. The minimum absolute atomic E-state index is 0.140. The Hall–Kier alpha value is -2.37. The van der Waals surface area contributed by atoms with E-state index < -0.39 is 0 Å². The van der Waals surface area contributed by atoms with Gasteiger partial charge < -0.3 is 15.2 Å². The summed E-state index contributed by atoms with van der Waals surface area (Å²) in [5.74, 6) is 1.53. The molecule has 0 atom stereocenters. The average Bonchev–Trinajstić information content (AvgIpc) is 2.88. The Morgan fingerprint density at radius 3 is 2.84 bits per heavy atom. The van der Waals surface area contributed by atoms with Gasteiger partial charge in [0.05, 0.1) is 12.1 Å². The molecule has 0 aromatic carbocycles. The van der Waals surface area contributed by atoms with Crippen LogP contribution < -0.4 is 10.2 Å². The number of anilines is 1. The molecule has 0 unspecified atom stereocenters. The number of hydrogen-bond acceptors (Lipinski definition) is 4. The van der Waals surface area contributed by atoms with Crippen LogP contribution in [0.1, 0.15) is 22.6 Å². The molecule has 2 aromatic heterocycles. The van der Waals surface area contributed by atoms with Crippen LogP contribution >= 0.6 is 0 Å². The van der Waals surface area contributed by atoms with Gasteiger partial charge in [0.25, 0.3) is 5.91 Å². The number of rotatable bonds is 4. The summed E-state index contributed by atoms with van der Waals surface area (Å²) >= 11 is 0. The van der Waals surface area contributed by atoms with Crippen LogP contribution in [0.3, 0.4) is 0 Å². The molecule has 19 heavy (non-hydrogen) atoms. The van der Waals surface area contributed by atoms with Crippen molar-refractivity contribution in [2.45, 2.75) is 13.0 Å². The lowest BCUT2D eigenvalue weighted by Gasteiger charge is -2.31. The van der Waals surface area contributed by atoms with E-state index in [1.54, 1.807) is 24.7 Å². The Morgan fingerprint density at radius 1 is 1.37 bits per heavy atom. The van der Waals surface area contributed by atoms with E-state index in [1.165, 1.54) is 6.42 Å². The summed E-state index contributed by atoms with van der Waals surface area (Å²) in [6.07, 6.45) is 6.22. The van der Waals surface area contributed by atoms with Gasteiger partial charge >= 0.3 is 0 Å². The summed E-state index contributed by atoms with van der Waals surface area (Å²) in [7, 11) is 0. The molecule has 0 spiro atoms. The second-order valence-electron chi connectivity index (χ2n) is 4.46. The maximum Gasteiger partial charge on any atom is 0.253 e. The van der Waals surface area contributed by atoms with Crippen molar-refractivity contribution in [2.75, 3.05) is 18.0 Å². The van der Waals surface area contributed by atoms with Gasteiger partial charge in [-0.3, -0.25) is 4.79 Å². The molecular formula is C13H15N5O. The van der Waals surface area contributed by atoms with Crippen molar-refractivity contribution in [3.63, 3.8) is 0 Å². The predicted octanol–water partition coefficient (Wildman–Crippen LogP) is 0.945. The highest BCUT2D eigenvalue weighted by atomic mass is 16.1. The highest BCUT2D eigenvalue weighted by molar-refractivity contribution is 5.93. The number of nitrogens with one attached hydrogen (secondary N) is 2. The molecule has 0 saturated carbocycles. The Bertz CT molecular complexity index is 545. The summed E-state index contributed by atoms with van der Waals surface area (Å²) < 4.78 is 0. The van der Waals surface area contributed by atoms with E-state index in [4.69, 9.17) is 0 Å². The molecule has 2 N–H and O–H groups in total. The van der Waals surface area contributed by atoms with Gasteiger partial charge in [-0.25, -0.2) is 9.97 Å². The third-order valence-corrected chi connectivity index (χ3v) is 3.16. The Labute approximate surface area is 110 Å². The number of carbonyl (C=O) groups excluding carboxylic acids is 1. The highest BCUT2D eigenvalue weighted by Gasteiger charge is 2.16. The number of pyridine rings is 1. The Morgan fingerprint density at radius 2 is 2.26 bits per heavy atom. The van der Waals surface area contributed by atoms with Gasteiger partial charge in [-0.05, 0) is 18.6 Å². The molecule has 0 aliphatic carbocycles. The number of carbonyl (C=O) groups is 1. The van der Waals surface area contributed by atoms with Crippen LogP contribution in [0, 0.1) is 0 Å². The van der Waals surface area contributed by atoms with Gasteiger partial charge in [0.15, 0.2) is 0 Å². The number of imidazole rings is 1. The molecule has 0 radical (unpaired) electrons. The molecule has 6 heteroatoms. The number of hydrogen-bond donors (Lipinski definition) is 2. The molecule has 0 bridgehead atoms. The summed E-state index contributed by atoms with van der Waals surface area (Å²) in [6, 6.07) is 3.69. The van der Waals surface area contributed by atoms with E-state index >= 15 is 0 Å². The van der Waals surface area contributed by atoms with Gasteiger partial charge in [0.2, 0.25) is 0 Å². The van der Waals surface area contributed by atoms with E-state index in [0.717, 1.165) is 24.7 Å². The van der Waals surface area contributed by atoms with Crippen LogP contribution in [0.4, 0.5) is 5.82 Å². The first-order valence-electron chi connectivity index (χ1n) is 6.30. The van der Waals surface area contributed by atoms with E-state index in [1.807, 2.05) is 6.07 Å². The molecular weight excluding hydrogens is 242 g/mol. The van der Waals surface area contributed by atoms with Crippen LogP contribution in [0.25, 0.3) is 0 Å². The normalized spacial score (nSPS) is 14.0. The first-order chi connectivity index (χ1) is 9.33. The SMILES string of the molecule is O=C(NCc1ncc[nH]1)c1ccc(N2CCC2)nc1. The largest absolute Gasteiger partial charge is 0.356 e. The predicted molar refractivity (Wildman–Crippen MR) is 70.8 cm³/mol. The second-order valence-corrected chi connectivity index (χ2v) is 4.46. The quantitative estimate of drug-likeness (QED) is 0.855. The van der Waals surface area contributed by atoms with Crippen LogP contribution in [0.5, 0.6) is 0 Å². The van der Waals surface area contributed by atoms with Crippen molar-refractivity contribution in [1.29, 1.82) is 0 Å². The number of amides is 1. The van der Waals surface area contributed by atoms with Crippen molar-refractivity contribution in [3.05, 3.63) is 42.1 Å². The monoisotopic (exact) mass is 257 g/mol. The molecule has 98 valence electrons. The lowest BCUT2D eigenvalue weighted by Crippen LogP contribution is -2.37. The summed E-state index contributed by atoms with van der Waals surface area (Å²) in [4.78, 5) is 25.4. The number of nitrogens with zero attached hydrogens (tertiary/aromatic N) is 3. The van der Waals surface area contributed by atoms with Crippen LogP contribution in [-0.4, -0.2) is 33.9 Å². The van der Waals surface area contributed by atoms with Gasteiger partial charge in [0, 0.05) is 31.7 Å². The highest BCUT2D eigenvalue weighted by Crippen LogP contribution is 2.17. The smallest absolute Gasteiger partial charge is 0.253 e.